The molecule has 0 saturated heterocycles. The molecule has 0 aliphatic rings. The van der Waals surface area contributed by atoms with Crippen molar-refractivity contribution in [2.45, 2.75) is 6.92 Å². The van der Waals surface area contributed by atoms with Gasteiger partial charge in [-0.15, -0.1) is 65.5 Å². The predicted octanol–water partition coefficient (Wildman–Crippen LogP) is 8.26. The van der Waals surface area contributed by atoms with Crippen LogP contribution in [0.4, 0.5) is 0 Å². The Labute approximate surface area is 235 Å². The largest absolute Gasteiger partial charge is 0.305 e. The minimum atomic E-state index is 0. The number of fused-ring (bicyclic) bond motifs is 6. The van der Waals surface area contributed by atoms with Gasteiger partial charge in [-0.1, -0.05) is 70.9 Å². The van der Waals surface area contributed by atoms with Crippen LogP contribution in [0, 0.1) is 19.1 Å². The van der Waals surface area contributed by atoms with Crippen molar-refractivity contribution in [3.8, 4) is 22.5 Å². The summed E-state index contributed by atoms with van der Waals surface area (Å²) in [5.74, 6) is 0. The van der Waals surface area contributed by atoms with Gasteiger partial charge >= 0.3 is 0 Å². The van der Waals surface area contributed by atoms with Crippen molar-refractivity contribution in [2.24, 2.45) is 0 Å². The molecule has 0 fully saturated rings. The molecule has 38 heavy (non-hydrogen) atoms. The van der Waals surface area contributed by atoms with Crippen LogP contribution in [-0.4, -0.2) is 15.0 Å². The molecule has 0 bridgehead atoms. The van der Waals surface area contributed by atoms with Gasteiger partial charge in [0.15, 0.2) is 0 Å². The van der Waals surface area contributed by atoms with E-state index in [4.69, 9.17) is 9.97 Å². The van der Waals surface area contributed by atoms with Crippen molar-refractivity contribution in [1.82, 2.24) is 15.0 Å². The number of rotatable bonds is 2. The van der Waals surface area contributed by atoms with Crippen LogP contribution in [0.15, 0.2) is 122 Å². The van der Waals surface area contributed by atoms with Gasteiger partial charge in [0.05, 0.1) is 11.2 Å². The van der Waals surface area contributed by atoms with E-state index in [1.54, 1.807) is 6.20 Å². The molecule has 3 nitrogen and oxygen atoms in total. The third-order valence-corrected chi connectivity index (χ3v) is 6.30. The first-order chi connectivity index (χ1) is 18.3. The fourth-order valence-electron chi connectivity index (χ4n) is 4.56. The van der Waals surface area contributed by atoms with Gasteiger partial charge in [-0.05, 0) is 30.1 Å². The van der Waals surface area contributed by atoms with Crippen molar-refractivity contribution < 1.29 is 20.1 Å². The standard InChI is InChI=1S/C23H15N2.C11H8N.Ir/c1-15-7-6-8-16(13-15)21-14-24-22-19-11-4-2-9-17(19)18-10-3-5-12-20(18)23(22)25-21;1-2-6-10(7-3-1)11-8-4-5-9-12-11;/h2-10,12-14H,1H3;1-6,8-9H;/q2*-1;. The van der Waals surface area contributed by atoms with Gasteiger partial charge in [-0.3, -0.25) is 4.98 Å². The summed E-state index contributed by atoms with van der Waals surface area (Å²) in [4.78, 5) is 14.0. The smallest absolute Gasteiger partial charge is 0.0873 e. The Morgan fingerprint density at radius 2 is 1.39 bits per heavy atom. The van der Waals surface area contributed by atoms with Crippen LogP contribution in [0.1, 0.15) is 5.56 Å². The summed E-state index contributed by atoms with van der Waals surface area (Å²) in [5, 5.41) is 4.52. The molecule has 4 heteroatoms. The summed E-state index contributed by atoms with van der Waals surface area (Å²) in [6, 6.07) is 43.0. The van der Waals surface area contributed by atoms with E-state index in [2.05, 4.69) is 78.6 Å². The average molecular weight is 666 g/mol. The number of aromatic nitrogens is 3. The first-order valence-electron chi connectivity index (χ1n) is 12.2. The zero-order valence-electron chi connectivity index (χ0n) is 20.7. The first-order valence-corrected chi connectivity index (χ1v) is 12.2. The van der Waals surface area contributed by atoms with E-state index in [-0.39, 0.29) is 20.1 Å². The summed E-state index contributed by atoms with van der Waals surface area (Å²) >= 11 is 0. The van der Waals surface area contributed by atoms with Crippen LogP contribution >= 0.6 is 0 Å². The molecule has 7 rings (SSSR count). The number of hydrogen-bond acceptors (Lipinski definition) is 3. The third kappa shape index (κ3) is 5.10. The number of nitrogens with zero attached hydrogens (tertiary/aromatic N) is 3. The van der Waals surface area contributed by atoms with E-state index in [9.17, 15) is 0 Å². The second kappa shape index (κ2) is 11.4. The van der Waals surface area contributed by atoms with Crippen molar-refractivity contribution in [1.29, 1.82) is 0 Å². The van der Waals surface area contributed by atoms with Gasteiger partial charge in [0.1, 0.15) is 0 Å². The van der Waals surface area contributed by atoms with Crippen LogP contribution in [-0.2, 0) is 20.1 Å². The maximum Gasteiger partial charge on any atom is 0.0873 e. The molecular weight excluding hydrogens is 643 g/mol. The van der Waals surface area contributed by atoms with E-state index in [1.165, 1.54) is 16.3 Å². The molecule has 0 atom stereocenters. The van der Waals surface area contributed by atoms with Crippen LogP contribution in [0.2, 0.25) is 0 Å². The van der Waals surface area contributed by atoms with Crippen LogP contribution in [0.25, 0.3) is 55.1 Å². The monoisotopic (exact) mass is 666 g/mol. The van der Waals surface area contributed by atoms with Crippen molar-refractivity contribution in [3.05, 3.63) is 139 Å². The van der Waals surface area contributed by atoms with E-state index in [0.29, 0.717) is 0 Å². The number of pyridine rings is 1. The summed E-state index contributed by atoms with van der Waals surface area (Å²) in [5.41, 5.74) is 7.06. The summed E-state index contributed by atoms with van der Waals surface area (Å²) < 4.78 is 0. The van der Waals surface area contributed by atoms with Gasteiger partial charge in [0.25, 0.3) is 0 Å². The topological polar surface area (TPSA) is 38.7 Å². The Bertz CT molecular complexity index is 1760. The van der Waals surface area contributed by atoms with Crippen LogP contribution in [0.3, 0.4) is 0 Å². The minimum absolute atomic E-state index is 0. The molecule has 2 heterocycles. The first kappa shape index (κ1) is 25.4. The molecule has 2 aromatic heterocycles. The molecule has 0 spiro atoms. The summed E-state index contributed by atoms with van der Waals surface area (Å²) in [6.07, 6.45) is 3.66. The summed E-state index contributed by atoms with van der Waals surface area (Å²) in [7, 11) is 0. The molecule has 0 unspecified atom stereocenters. The Morgan fingerprint density at radius 1 is 0.605 bits per heavy atom. The quantitative estimate of drug-likeness (QED) is 0.138. The maximum atomic E-state index is 4.98. The second-order valence-corrected chi connectivity index (χ2v) is 8.82. The van der Waals surface area contributed by atoms with Crippen molar-refractivity contribution in [3.63, 3.8) is 0 Å². The zero-order valence-corrected chi connectivity index (χ0v) is 23.1. The average Bonchev–Trinajstić information content (AvgIpc) is 2.98. The molecule has 5 aromatic carbocycles. The van der Waals surface area contributed by atoms with Crippen molar-refractivity contribution >= 4 is 32.6 Å². The summed E-state index contributed by atoms with van der Waals surface area (Å²) in [6.45, 7) is 2.09. The van der Waals surface area contributed by atoms with E-state index < -0.39 is 0 Å². The molecule has 0 saturated carbocycles. The van der Waals surface area contributed by atoms with Crippen LogP contribution < -0.4 is 0 Å². The predicted molar refractivity (Wildman–Crippen MR) is 152 cm³/mol. The van der Waals surface area contributed by atoms with Gasteiger partial charge in [0, 0.05) is 43.6 Å². The second-order valence-electron chi connectivity index (χ2n) is 8.82. The Morgan fingerprint density at radius 3 is 2.18 bits per heavy atom. The molecule has 0 N–H and O–H groups in total. The van der Waals surface area contributed by atoms with E-state index >= 15 is 0 Å². The normalized spacial score (nSPS) is 10.6. The van der Waals surface area contributed by atoms with Gasteiger partial charge in [-0.25, -0.2) is 0 Å². The molecule has 0 amide bonds. The Balaban J connectivity index is 0.000000191. The number of aryl methyl sites for hydroxylation is 1. The van der Waals surface area contributed by atoms with Gasteiger partial charge < -0.3 is 9.97 Å². The van der Waals surface area contributed by atoms with E-state index in [1.807, 2.05) is 60.8 Å². The number of hydrogen-bond donors (Lipinski definition) is 0. The fraction of sp³-hybridized carbons (Fsp3) is 0.0294. The molecular formula is C34H23IrN3-2. The fourth-order valence-corrected chi connectivity index (χ4v) is 4.56. The van der Waals surface area contributed by atoms with Crippen molar-refractivity contribution in [2.75, 3.05) is 0 Å². The molecule has 0 aliphatic heterocycles. The molecule has 0 aliphatic carbocycles. The zero-order chi connectivity index (χ0) is 25.0. The van der Waals surface area contributed by atoms with Crippen LogP contribution in [0.5, 0.6) is 0 Å². The third-order valence-electron chi connectivity index (χ3n) is 6.30. The Hall–Kier alpha value is -4.24. The SMILES string of the molecule is Cc1cccc(-c2cnc3c4[c-]cccc4c4ccccc4c3n2)c1.[Ir].[c-]1ccccc1-c1ccccn1. The minimum Gasteiger partial charge on any atom is -0.305 e. The van der Waals surface area contributed by atoms with E-state index in [0.717, 1.165) is 44.3 Å². The molecule has 1 radical (unpaired) electrons. The number of benzene rings is 5. The molecule has 185 valence electrons. The Kier molecular flexibility index (Phi) is 7.65. The molecule has 7 aromatic rings. The van der Waals surface area contributed by atoms with Gasteiger partial charge in [-0.2, -0.15) is 0 Å². The maximum absolute atomic E-state index is 4.98. The van der Waals surface area contributed by atoms with Gasteiger partial charge in [0.2, 0.25) is 0 Å².